The minimum absolute atomic E-state index is 0.873. The van der Waals surface area contributed by atoms with Crippen LogP contribution >= 0.6 is 11.3 Å². The first kappa shape index (κ1) is 12.9. The molecule has 0 aliphatic carbocycles. The van der Waals surface area contributed by atoms with Crippen LogP contribution in [0.1, 0.15) is 13.8 Å². The van der Waals surface area contributed by atoms with Crippen LogP contribution in [-0.4, -0.2) is 25.2 Å². The van der Waals surface area contributed by atoms with Gasteiger partial charge in [-0.1, -0.05) is 0 Å². The Morgan fingerprint density at radius 2 is 1.83 bits per heavy atom. The van der Waals surface area contributed by atoms with Crippen LogP contribution < -0.4 is 9.64 Å². The first-order chi connectivity index (χ1) is 8.78. The highest BCUT2D eigenvalue weighted by molar-refractivity contribution is 7.14. The molecule has 0 saturated carbocycles. The summed E-state index contributed by atoms with van der Waals surface area (Å²) < 4.78 is 5.16. The van der Waals surface area contributed by atoms with Crippen molar-refractivity contribution in [3.63, 3.8) is 0 Å². The zero-order valence-electron chi connectivity index (χ0n) is 11.0. The first-order valence-electron chi connectivity index (χ1n) is 6.13. The van der Waals surface area contributed by atoms with E-state index in [2.05, 4.69) is 29.1 Å². The summed E-state index contributed by atoms with van der Waals surface area (Å²) in [5, 5.41) is 3.20. The average molecular weight is 262 g/mol. The molecule has 0 bridgehead atoms. The molecule has 0 amide bonds. The molecule has 0 radical (unpaired) electrons. The van der Waals surface area contributed by atoms with Gasteiger partial charge in [0.05, 0.1) is 12.8 Å². The van der Waals surface area contributed by atoms with Crippen molar-refractivity contribution in [1.82, 2.24) is 4.98 Å². The highest BCUT2D eigenvalue weighted by atomic mass is 32.1. The van der Waals surface area contributed by atoms with Crippen LogP contribution in [0.15, 0.2) is 29.6 Å². The van der Waals surface area contributed by atoms with Gasteiger partial charge in [0.15, 0.2) is 5.13 Å². The maximum absolute atomic E-state index is 5.16. The molecule has 0 saturated heterocycles. The van der Waals surface area contributed by atoms with Gasteiger partial charge in [-0.15, -0.1) is 11.3 Å². The smallest absolute Gasteiger partial charge is 0.185 e. The normalized spacial score (nSPS) is 10.4. The van der Waals surface area contributed by atoms with Gasteiger partial charge in [-0.3, -0.25) is 0 Å². The lowest BCUT2D eigenvalue weighted by Gasteiger charge is -2.16. The number of hydrogen-bond donors (Lipinski definition) is 0. The Morgan fingerprint density at radius 3 is 2.39 bits per heavy atom. The summed E-state index contributed by atoms with van der Waals surface area (Å²) in [7, 11) is 1.68. The summed E-state index contributed by atoms with van der Waals surface area (Å²) in [5.41, 5.74) is 2.16. The molecule has 2 aromatic rings. The number of anilines is 1. The minimum Gasteiger partial charge on any atom is -0.497 e. The lowest BCUT2D eigenvalue weighted by atomic mass is 10.2. The van der Waals surface area contributed by atoms with E-state index in [1.165, 1.54) is 0 Å². The predicted octanol–water partition coefficient (Wildman–Crippen LogP) is 3.66. The van der Waals surface area contributed by atoms with Crippen molar-refractivity contribution in [3.05, 3.63) is 29.6 Å². The van der Waals surface area contributed by atoms with E-state index in [1.54, 1.807) is 18.4 Å². The molecule has 18 heavy (non-hydrogen) atoms. The number of thiazole rings is 1. The second-order valence-electron chi connectivity index (χ2n) is 3.92. The molecule has 1 aromatic carbocycles. The number of ether oxygens (including phenoxy) is 1. The zero-order valence-corrected chi connectivity index (χ0v) is 11.8. The summed E-state index contributed by atoms with van der Waals surface area (Å²) in [6.45, 7) is 6.29. The van der Waals surface area contributed by atoms with Crippen molar-refractivity contribution in [3.8, 4) is 17.0 Å². The molecular weight excluding hydrogens is 244 g/mol. The zero-order chi connectivity index (χ0) is 13.0. The van der Waals surface area contributed by atoms with E-state index >= 15 is 0 Å². The molecule has 0 aliphatic rings. The van der Waals surface area contributed by atoms with E-state index in [0.717, 1.165) is 35.2 Å². The number of benzene rings is 1. The third-order valence-corrected chi connectivity index (χ3v) is 3.81. The largest absolute Gasteiger partial charge is 0.497 e. The molecule has 1 heterocycles. The van der Waals surface area contributed by atoms with Crippen molar-refractivity contribution >= 4 is 16.5 Å². The second kappa shape index (κ2) is 5.87. The third kappa shape index (κ3) is 2.64. The van der Waals surface area contributed by atoms with Gasteiger partial charge in [0.1, 0.15) is 5.75 Å². The maximum atomic E-state index is 5.16. The number of rotatable bonds is 5. The van der Waals surface area contributed by atoms with Gasteiger partial charge in [-0.05, 0) is 38.1 Å². The summed E-state index contributed by atoms with van der Waals surface area (Å²) in [5.74, 6) is 0.873. The van der Waals surface area contributed by atoms with Crippen molar-refractivity contribution < 1.29 is 4.74 Å². The lowest BCUT2D eigenvalue weighted by molar-refractivity contribution is 0.415. The van der Waals surface area contributed by atoms with Crippen molar-refractivity contribution in [2.45, 2.75) is 13.8 Å². The lowest BCUT2D eigenvalue weighted by Crippen LogP contribution is -2.21. The van der Waals surface area contributed by atoms with Gasteiger partial charge < -0.3 is 9.64 Å². The summed E-state index contributed by atoms with van der Waals surface area (Å²) in [4.78, 5) is 6.94. The predicted molar refractivity (Wildman–Crippen MR) is 77.7 cm³/mol. The summed E-state index contributed by atoms with van der Waals surface area (Å²) in [6.07, 6.45) is 0. The molecule has 96 valence electrons. The standard InChI is InChI=1S/C14H18N2OS/c1-4-16(5-2)14-15-13(10-18-14)11-6-8-12(17-3)9-7-11/h6-10H,4-5H2,1-3H3. The molecule has 0 N–H and O–H groups in total. The highest BCUT2D eigenvalue weighted by Crippen LogP contribution is 2.28. The topological polar surface area (TPSA) is 25.4 Å². The quantitative estimate of drug-likeness (QED) is 0.822. The van der Waals surface area contributed by atoms with E-state index in [4.69, 9.17) is 4.74 Å². The van der Waals surface area contributed by atoms with Crippen LogP contribution in [0.4, 0.5) is 5.13 Å². The number of hydrogen-bond acceptors (Lipinski definition) is 4. The van der Waals surface area contributed by atoms with Gasteiger partial charge >= 0.3 is 0 Å². The van der Waals surface area contributed by atoms with Crippen LogP contribution in [0.2, 0.25) is 0 Å². The van der Waals surface area contributed by atoms with Crippen molar-refractivity contribution in [2.24, 2.45) is 0 Å². The minimum atomic E-state index is 0.873. The van der Waals surface area contributed by atoms with E-state index in [-0.39, 0.29) is 0 Å². The Balaban J connectivity index is 2.23. The molecule has 3 nitrogen and oxygen atoms in total. The Bertz CT molecular complexity index is 489. The Morgan fingerprint density at radius 1 is 1.17 bits per heavy atom. The SMILES string of the molecule is CCN(CC)c1nc(-c2ccc(OC)cc2)cs1. The second-order valence-corrected chi connectivity index (χ2v) is 4.75. The van der Waals surface area contributed by atoms with Gasteiger partial charge in [0.25, 0.3) is 0 Å². The van der Waals surface area contributed by atoms with E-state index in [9.17, 15) is 0 Å². The molecule has 0 atom stereocenters. The van der Waals surface area contributed by atoms with Gasteiger partial charge in [0, 0.05) is 24.0 Å². The summed E-state index contributed by atoms with van der Waals surface area (Å²) in [6, 6.07) is 8.01. The molecule has 2 rings (SSSR count). The van der Waals surface area contributed by atoms with Crippen LogP contribution in [0.5, 0.6) is 5.75 Å². The monoisotopic (exact) mass is 262 g/mol. The summed E-state index contributed by atoms with van der Waals surface area (Å²) >= 11 is 1.70. The Hall–Kier alpha value is -1.55. The molecular formula is C14H18N2OS. The molecule has 1 aromatic heterocycles. The van der Waals surface area contributed by atoms with Crippen LogP contribution in [0.3, 0.4) is 0 Å². The van der Waals surface area contributed by atoms with Crippen LogP contribution in [-0.2, 0) is 0 Å². The van der Waals surface area contributed by atoms with E-state index < -0.39 is 0 Å². The number of aromatic nitrogens is 1. The maximum Gasteiger partial charge on any atom is 0.185 e. The Kier molecular flexibility index (Phi) is 4.20. The highest BCUT2D eigenvalue weighted by Gasteiger charge is 2.08. The van der Waals surface area contributed by atoms with E-state index in [0.29, 0.717) is 0 Å². The molecule has 0 aliphatic heterocycles. The van der Waals surface area contributed by atoms with Crippen LogP contribution in [0.25, 0.3) is 11.3 Å². The fourth-order valence-corrected chi connectivity index (χ4v) is 2.76. The van der Waals surface area contributed by atoms with Crippen molar-refractivity contribution in [1.29, 1.82) is 0 Å². The Labute approximate surface area is 112 Å². The fourth-order valence-electron chi connectivity index (χ4n) is 1.80. The molecule has 4 heteroatoms. The first-order valence-corrected chi connectivity index (χ1v) is 7.01. The molecule has 0 fully saturated rings. The average Bonchev–Trinajstić information content (AvgIpc) is 2.90. The van der Waals surface area contributed by atoms with E-state index in [1.807, 2.05) is 24.3 Å². The molecule has 0 unspecified atom stereocenters. The van der Waals surface area contributed by atoms with Gasteiger partial charge in [0.2, 0.25) is 0 Å². The third-order valence-electron chi connectivity index (χ3n) is 2.91. The number of methoxy groups -OCH3 is 1. The van der Waals surface area contributed by atoms with Crippen molar-refractivity contribution in [2.75, 3.05) is 25.1 Å². The van der Waals surface area contributed by atoms with Gasteiger partial charge in [-0.25, -0.2) is 4.98 Å². The van der Waals surface area contributed by atoms with Crippen LogP contribution in [0, 0.1) is 0 Å². The number of nitrogens with zero attached hydrogens (tertiary/aromatic N) is 2. The fraction of sp³-hybridized carbons (Fsp3) is 0.357. The molecule has 0 spiro atoms. The van der Waals surface area contributed by atoms with Gasteiger partial charge in [-0.2, -0.15) is 0 Å².